The third-order valence-electron chi connectivity index (χ3n) is 3.62. The number of carbonyl (C=O) groups excluding carboxylic acids is 1. The van der Waals surface area contributed by atoms with Gasteiger partial charge in [0, 0.05) is 10.5 Å². The Morgan fingerprint density at radius 3 is 2.75 bits per heavy atom. The molecule has 0 aromatic heterocycles. The van der Waals surface area contributed by atoms with Crippen molar-refractivity contribution in [2.24, 2.45) is 0 Å². The summed E-state index contributed by atoms with van der Waals surface area (Å²) in [6.07, 6.45) is 3.36. The highest BCUT2D eigenvalue weighted by Gasteiger charge is 2.14. The summed E-state index contributed by atoms with van der Waals surface area (Å²) in [6, 6.07) is 12.5. The largest absolute Gasteiger partial charge is 0.293 e. The molecule has 20 heavy (non-hydrogen) atoms. The van der Waals surface area contributed by atoms with Gasteiger partial charge in [-0.1, -0.05) is 24.3 Å². The molecule has 102 valence electrons. The van der Waals surface area contributed by atoms with E-state index in [2.05, 4.69) is 6.07 Å². The summed E-state index contributed by atoms with van der Waals surface area (Å²) in [5.41, 5.74) is 3.41. The van der Waals surface area contributed by atoms with E-state index in [1.54, 1.807) is 18.2 Å². The van der Waals surface area contributed by atoms with E-state index in [1.165, 1.54) is 35.4 Å². The summed E-state index contributed by atoms with van der Waals surface area (Å²) in [6.45, 7) is 0. The molecule has 0 atom stereocenters. The van der Waals surface area contributed by atoms with Gasteiger partial charge in [-0.05, 0) is 48.6 Å². The van der Waals surface area contributed by atoms with Crippen LogP contribution in [0.1, 0.15) is 27.9 Å². The molecule has 0 fully saturated rings. The monoisotopic (exact) mass is 286 g/mol. The molecular weight excluding hydrogens is 271 g/mol. The second-order valence-electron chi connectivity index (χ2n) is 4.98. The molecule has 3 heteroatoms. The molecule has 0 radical (unpaired) electrons. The number of hydrogen-bond acceptors (Lipinski definition) is 2. The average Bonchev–Trinajstić information content (AvgIpc) is 2.93. The number of aryl methyl sites for hydroxylation is 2. The van der Waals surface area contributed by atoms with Gasteiger partial charge in [0.05, 0.1) is 5.75 Å². The molecule has 0 amide bonds. The fraction of sp³-hybridized carbons (Fsp3) is 0.235. The first-order chi connectivity index (χ1) is 9.74. The molecule has 1 nitrogen and oxygen atoms in total. The van der Waals surface area contributed by atoms with E-state index in [4.69, 9.17) is 0 Å². The van der Waals surface area contributed by atoms with Gasteiger partial charge in [-0.3, -0.25) is 4.79 Å². The minimum absolute atomic E-state index is 0.0629. The highest BCUT2D eigenvalue weighted by Crippen LogP contribution is 2.25. The molecular formula is C17H15FOS. The van der Waals surface area contributed by atoms with Crippen LogP contribution in [0.3, 0.4) is 0 Å². The molecule has 0 unspecified atom stereocenters. The number of benzene rings is 2. The fourth-order valence-electron chi connectivity index (χ4n) is 2.53. The molecule has 1 aliphatic carbocycles. The van der Waals surface area contributed by atoms with Crippen molar-refractivity contribution < 1.29 is 9.18 Å². The Hall–Kier alpha value is -1.61. The van der Waals surface area contributed by atoms with Crippen LogP contribution in [0.25, 0.3) is 0 Å². The normalized spacial score (nSPS) is 13.2. The zero-order valence-electron chi connectivity index (χ0n) is 11.1. The Balaban J connectivity index is 1.69. The van der Waals surface area contributed by atoms with E-state index in [1.807, 2.05) is 12.1 Å². The lowest BCUT2D eigenvalue weighted by molar-refractivity contribution is 0.102. The van der Waals surface area contributed by atoms with Crippen LogP contribution in [0.15, 0.2) is 47.4 Å². The minimum Gasteiger partial charge on any atom is -0.293 e. The predicted octanol–water partition coefficient (Wildman–Crippen LogP) is 4.29. The number of Topliss-reactive ketones (excluding diaryl/α,β-unsaturated/α-hetero) is 1. The van der Waals surface area contributed by atoms with Crippen LogP contribution in [0, 0.1) is 5.82 Å². The van der Waals surface area contributed by atoms with Crippen LogP contribution in [-0.2, 0) is 12.8 Å². The van der Waals surface area contributed by atoms with Crippen LogP contribution in [0.4, 0.5) is 4.39 Å². The molecule has 0 N–H and O–H groups in total. The van der Waals surface area contributed by atoms with Crippen LogP contribution in [0.5, 0.6) is 0 Å². The van der Waals surface area contributed by atoms with E-state index in [0.29, 0.717) is 4.90 Å². The summed E-state index contributed by atoms with van der Waals surface area (Å²) >= 11 is 1.26. The molecule has 0 bridgehead atoms. The third kappa shape index (κ3) is 2.78. The fourth-order valence-corrected chi connectivity index (χ4v) is 3.37. The van der Waals surface area contributed by atoms with E-state index in [9.17, 15) is 9.18 Å². The maximum Gasteiger partial charge on any atom is 0.173 e. The van der Waals surface area contributed by atoms with E-state index < -0.39 is 0 Å². The Morgan fingerprint density at radius 2 is 1.90 bits per heavy atom. The minimum atomic E-state index is -0.265. The number of rotatable bonds is 4. The maximum atomic E-state index is 13.5. The smallest absolute Gasteiger partial charge is 0.173 e. The Bertz CT molecular complexity index is 651. The molecule has 0 saturated carbocycles. The van der Waals surface area contributed by atoms with Crippen LogP contribution < -0.4 is 0 Å². The second kappa shape index (κ2) is 5.80. The van der Waals surface area contributed by atoms with Gasteiger partial charge in [0.15, 0.2) is 5.78 Å². The summed E-state index contributed by atoms with van der Waals surface area (Å²) in [4.78, 5) is 12.7. The van der Waals surface area contributed by atoms with Gasteiger partial charge in [0.25, 0.3) is 0 Å². The molecule has 0 saturated heterocycles. The van der Waals surface area contributed by atoms with Crippen molar-refractivity contribution in [2.45, 2.75) is 24.2 Å². The Kier molecular flexibility index (Phi) is 3.88. The van der Waals surface area contributed by atoms with Crippen molar-refractivity contribution in [3.63, 3.8) is 0 Å². The molecule has 2 aromatic carbocycles. The summed E-state index contributed by atoms with van der Waals surface area (Å²) < 4.78 is 13.5. The first-order valence-corrected chi connectivity index (χ1v) is 7.75. The number of ketones is 1. The van der Waals surface area contributed by atoms with Gasteiger partial charge >= 0.3 is 0 Å². The third-order valence-corrected chi connectivity index (χ3v) is 4.66. The van der Waals surface area contributed by atoms with Gasteiger partial charge in [-0.15, -0.1) is 11.8 Å². The van der Waals surface area contributed by atoms with E-state index in [0.717, 1.165) is 18.4 Å². The van der Waals surface area contributed by atoms with Crippen molar-refractivity contribution in [2.75, 3.05) is 5.75 Å². The van der Waals surface area contributed by atoms with Gasteiger partial charge in [0.2, 0.25) is 0 Å². The van der Waals surface area contributed by atoms with Crippen LogP contribution >= 0.6 is 11.8 Å². The topological polar surface area (TPSA) is 17.1 Å². The highest BCUT2D eigenvalue weighted by molar-refractivity contribution is 8.00. The lowest BCUT2D eigenvalue weighted by Crippen LogP contribution is -2.03. The molecule has 2 aromatic rings. The zero-order valence-corrected chi connectivity index (χ0v) is 11.9. The van der Waals surface area contributed by atoms with Crippen LogP contribution in [-0.4, -0.2) is 11.5 Å². The predicted molar refractivity (Wildman–Crippen MR) is 79.9 cm³/mol. The first-order valence-electron chi connectivity index (χ1n) is 6.76. The second-order valence-corrected chi connectivity index (χ2v) is 6.00. The Labute approximate surface area is 122 Å². The van der Waals surface area contributed by atoms with E-state index in [-0.39, 0.29) is 17.4 Å². The SMILES string of the molecule is O=C(CSc1ccccc1F)c1ccc2c(c1)CCC2. The van der Waals surface area contributed by atoms with Crippen molar-refractivity contribution in [3.8, 4) is 0 Å². The summed E-state index contributed by atoms with van der Waals surface area (Å²) in [5.74, 6) is 0.0758. The number of carbonyl (C=O) groups is 1. The van der Waals surface area contributed by atoms with Crippen molar-refractivity contribution in [3.05, 3.63) is 65.0 Å². The van der Waals surface area contributed by atoms with Gasteiger partial charge in [0.1, 0.15) is 5.82 Å². The van der Waals surface area contributed by atoms with E-state index >= 15 is 0 Å². The molecule has 0 heterocycles. The first kappa shape index (κ1) is 13.4. The number of thioether (sulfide) groups is 1. The quantitative estimate of drug-likeness (QED) is 0.616. The number of fused-ring (bicyclic) bond motifs is 1. The van der Waals surface area contributed by atoms with Crippen molar-refractivity contribution >= 4 is 17.5 Å². The summed E-state index contributed by atoms with van der Waals surface area (Å²) in [5, 5.41) is 0. The van der Waals surface area contributed by atoms with Gasteiger partial charge in [-0.25, -0.2) is 4.39 Å². The number of halogens is 1. The molecule has 3 rings (SSSR count). The van der Waals surface area contributed by atoms with Gasteiger partial charge in [-0.2, -0.15) is 0 Å². The molecule has 0 spiro atoms. The maximum absolute atomic E-state index is 13.5. The van der Waals surface area contributed by atoms with Gasteiger partial charge < -0.3 is 0 Å². The van der Waals surface area contributed by atoms with Crippen molar-refractivity contribution in [1.29, 1.82) is 0 Å². The molecule has 0 aliphatic heterocycles. The van der Waals surface area contributed by atoms with Crippen molar-refractivity contribution in [1.82, 2.24) is 0 Å². The average molecular weight is 286 g/mol. The lowest BCUT2D eigenvalue weighted by Gasteiger charge is -2.05. The van der Waals surface area contributed by atoms with Crippen LogP contribution in [0.2, 0.25) is 0 Å². The summed E-state index contributed by atoms with van der Waals surface area (Å²) in [7, 11) is 0. The zero-order chi connectivity index (χ0) is 13.9. The number of hydrogen-bond donors (Lipinski definition) is 0. The lowest BCUT2D eigenvalue weighted by atomic mass is 10.0. The highest BCUT2D eigenvalue weighted by atomic mass is 32.2. The standard InChI is InChI=1S/C17H15FOS/c18-15-6-1-2-7-17(15)20-11-16(19)14-9-8-12-4-3-5-13(12)10-14/h1-2,6-10H,3-5,11H2. The molecule has 1 aliphatic rings. The Morgan fingerprint density at radius 1 is 1.10 bits per heavy atom.